The van der Waals surface area contributed by atoms with E-state index in [9.17, 15) is 4.79 Å². The molecule has 0 atom stereocenters. The van der Waals surface area contributed by atoms with Crippen LogP contribution in [0.25, 0.3) is 0 Å². The summed E-state index contributed by atoms with van der Waals surface area (Å²) >= 11 is 6.61. The minimum Gasteiger partial charge on any atom is -0.452 e. The number of carbonyl (C=O) groups is 1. The Bertz CT molecular complexity index is 363. The number of hydrogen-bond acceptors (Lipinski definition) is 4. The fraction of sp³-hybridized carbons (Fsp3) is 0.545. The van der Waals surface area contributed by atoms with E-state index in [0.717, 1.165) is 10.2 Å². The quantitative estimate of drug-likeness (QED) is 0.674. The smallest absolute Gasteiger partial charge is 0.221 e. The lowest BCUT2D eigenvalue weighted by molar-refractivity contribution is -0.121. The van der Waals surface area contributed by atoms with Gasteiger partial charge in [-0.05, 0) is 37.9 Å². The van der Waals surface area contributed by atoms with Gasteiger partial charge in [-0.15, -0.1) is 0 Å². The highest BCUT2D eigenvalue weighted by Crippen LogP contribution is 2.26. The highest BCUT2D eigenvalue weighted by atomic mass is 79.9. The minimum atomic E-state index is 0.0151. The van der Waals surface area contributed by atoms with E-state index >= 15 is 0 Å². The Hall–Kier alpha value is -0.370. The van der Waals surface area contributed by atoms with Crippen molar-refractivity contribution in [1.82, 2.24) is 10.6 Å². The number of nitrogens with one attached hydrogen (secondary N) is 2. The molecule has 5 nitrogen and oxygen atoms in total. The molecule has 1 rings (SSSR count). The van der Waals surface area contributed by atoms with E-state index in [-0.39, 0.29) is 5.91 Å². The van der Waals surface area contributed by atoms with E-state index in [1.165, 1.54) is 0 Å². The van der Waals surface area contributed by atoms with E-state index in [4.69, 9.17) is 9.15 Å². The van der Waals surface area contributed by atoms with Gasteiger partial charge in [0.05, 0.1) is 17.6 Å². The zero-order valence-electron chi connectivity index (χ0n) is 10.1. The monoisotopic (exact) mass is 382 g/mol. The predicted molar refractivity (Wildman–Crippen MR) is 75.3 cm³/mol. The maximum atomic E-state index is 11.3. The molecule has 102 valence electrons. The van der Waals surface area contributed by atoms with E-state index in [1.807, 2.05) is 6.07 Å². The number of ether oxygens (including phenoxy) is 1. The fourth-order valence-electron chi connectivity index (χ4n) is 1.27. The molecule has 0 saturated carbocycles. The molecule has 0 unspecified atom stereocenters. The van der Waals surface area contributed by atoms with Crippen LogP contribution in [0.3, 0.4) is 0 Å². The first-order valence-corrected chi connectivity index (χ1v) is 7.12. The highest BCUT2D eigenvalue weighted by Gasteiger charge is 2.05. The largest absolute Gasteiger partial charge is 0.452 e. The molecule has 1 aromatic heterocycles. The Morgan fingerprint density at radius 3 is 2.83 bits per heavy atom. The first-order valence-electron chi connectivity index (χ1n) is 5.53. The van der Waals surface area contributed by atoms with Crippen molar-refractivity contribution in [3.05, 3.63) is 21.0 Å². The van der Waals surface area contributed by atoms with Crippen LogP contribution in [0.1, 0.15) is 12.2 Å². The van der Waals surface area contributed by atoms with Gasteiger partial charge in [0.2, 0.25) is 5.91 Å². The van der Waals surface area contributed by atoms with Crippen molar-refractivity contribution in [2.45, 2.75) is 13.0 Å². The molecule has 0 aromatic carbocycles. The Labute approximate surface area is 123 Å². The highest BCUT2D eigenvalue weighted by molar-refractivity contribution is 9.13. The van der Waals surface area contributed by atoms with Gasteiger partial charge in [0, 0.05) is 26.6 Å². The summed E-state index contributed by atoms with van der Waals surface area (Å²) in [6, 6.07) is 1.88. The molecule has 0 fully saturated rings. The standard InChI is InChI=1S/C11H16Br2N2O3/c1-17-5-4-15-10(16)2-3-14-7-8-6-9(12)11(13)18-8/h6,14H,2-5,7H2,1H3,(H,15,16). The van der Waals surface area contributed by atoms with Crippen LogP contribution in [0.4, 0.5) is 0 Å². The molecule has 1 amide bonds. The molecule has 2 N–H and O–H groups in total. The van der Waals surface area contributed by atoms with Gasteiger partial charge in [0.1, 0.15) is 5.76 Å². The van der Waals surface area contributed by atoms with Gasteiger partial charge in [-0.1, -0.05) is 0 Å². The third-order valence-corrected chi connectivity index (χ3v) is 3.86. The number of carbonyl (C=O) groups excluding carboxylic acids is 1. The second kappa shape index (κ2) is 8.68. The molecule has 0 bridgehead atoms. The van der Waals surface area contributed by atoms with Crippen LogP contribution in [-0.4, -0.2) is 32.7 Å². The molecule has 0 aliphatic rings. The van der Waals surface area contributed by atoms with Crippen molar-refractivity contribution < 1.29 is 13.9 Å². The zero-order valence-corrected chi connectivity index (χ0v) is 13.3. The summed E-state index contributed by atoms with van der Waals surface area (Å²) in [4.78, 5) is 11.3. The van der Waals surface area contributed by atoms with Gasteiger partial charge < -0.3 is 19.8 Å². The van der Waals surface area contributed by atoms with Crippen LogP contribution < -0.4 is 10.6 Å². The van der Waals surface area contributed by atoms with E-state index in [1.54, 1.807) is 7.11 Å². The molecule has 0 saturated heterocycles. The Morgan fingerprint density at radius 2 is 2.22 bits per heavy atom. The van der Waals surface area contributed by atoms with Gasteiger partial charge in [-0.2, -0.15) is 0 Å². The van der Waals surface area contributed by atoms with Gasteiger partial charge in [-0.25, -0.2) is 0 Å². The van der Waals surface area contributed by atoms with Gasteiger partial charge in [0.25, 0.3) is 0 Å². The number of halogens is 2. The number of hydrogen-bond donors (Lipinski definition) is 2. The van der Waals surface area contributed by atoms with Crippen LogP contribution in [0.15, 0.2) is 19.6 Å². The Balaban J connectivity index is 2.09. The summed E-state index contributed by atoms with van der Waals surface area (Å²) in [5.41, 5.74) is 0. The van der Waals surface area contributed by atoms with Crippen LogP contribution in [0, 0.1) is 0 Å². The molecular weight excluding hydrogens is 368 g/mol. The lowest BCUT2D eigenvalue weighted by Gasteiger charge is -2.04. The van der Waals surface area contributed by atoms with Crippen molar-refractivity contribution >= 4 is 37.8 Å². The van der Waals surface area contributed by atoms with E-state index < -0.39 is 0 Å². The Kier molecular flexibility index (Phi) is 7.57. The summed E-state index contributed by atoms with van der Waals surface area (Å²) in [7, 11) is 1.60. The summed E-state index contributed by atoms with van der Waals surface area (Å²) in [6.07, 6.45) is 0.437. The van der Waals surface area contributed by atoms with Crippen molar-refractivity contribution in [2.75, 3.05) is 26.8 Å². The SMILES string of the molecule is COCCNC(=O)CCNCc1cc(Br)c(Br)o1. The second-order valence-electron chi connectivity index (χ2n) is 3.60. The van der Waals surface area contributed by atoms with Crippen molar-refractivity contribution in [2.24, 2.45) is 0 Å². The van der Waals surface area contributed by atoms with Crippen LogP contribution >= 0.6 is 31.9 Å². The maximum Gasteiger partial charge on any atom is 0.221 e. The summed E-state index contributed by atoms with van der Waals surface area (Å²) < 4.78 is 11.8. The molecule has 0 spiro atoms. The molecule has 0 aliphatic carbocycles. The van der Waals surface area contributed by atoms with Crippen LogP contribution in [0.2, 0.25) is 0 Å². The van der Waals surface area contributed by atoms with Crippen molar-refractivity contribution in [1.29, 1.82) is 0 Å². The second-order valence-corrected chi connectivity index (χ2v) is 5.18. The molecule has 0 aliphatic heterocycles. The number of methoxy groups -OCH3 is 1. The van der Waals surface area contributed by atoms with Gasteiger partial charge >= 0.3 is 0 Å². The maximum absolute atomic E-state index is 11.3. The minimum absolute atomic E-state index is 0.0151. The van der Waals surface area contributed by atoms with Crippen molar-refractivity contribution in [3.63, 3.8) is 0 Å². The molecule has 18 heavy (non-hydrogen) atoms. The lowest BCUT2D eigenvalue weighted by Crippen LogP contribution is -2.29. The lowest BCUT2D eigenvalue weighted by atomic mass is 10.3. The van der Waals surface area contributed by atoms with Gasteiger partial charge in [-0.3, -0.25) is 4.79 Å². The molecule has 1 aromatic rings. The third-order valence-electron chi connectivity index (χ3n) is 2.15. The molecule has 0 radical (unpaired) electrons. The van der Waals surface area contributed by atoms with E-state index in [2.05, 4.69) is 42.5 Å². The van der Waals surface area contributed by atoms with Crippen molar-refractivity contribution in [3.8, 4) is 0 Å². The first kappa shape index (κ1) is 15.7. The number of rotatable bonds is 8. The molecule has 7 heteroatoms. The van der Waals surface area contributed by atoms with Crippen LogP contribution in [-0.2, 0) is 16.1 Å². The topological polar surface area (TPSA) is 63.5 Å². The molecular formula is C11H16Br2N2O3. The van der Waals surface area contributed by atoms with Gasteiger partial charge in [0.15, 0.2) is 4.67 Å². The number of amides is 1. The first-order chi connectivity index (χ1) is 8.63. The zero-order chi connectivity index (χ0) is 13.4. The summed E-state index contributed by atoms with van der Waals surface area (Å²) in [5, 5.41) is 5.89. The average Bonchev–Trinajstić information content (AvgIpc) is 2.65. The van der Waals surface area contributed by atoms with Crippen LogP contribution in [0.5, 0.6) is 0 Å². The predicted octanol–water partition coefficient (Wildman–Crippen LogP) is 2.05. The third kappa shape index (κ3) is 5.99. The fourth-order valence-corrected chi connectivity index (χ4v) is 1.93. The van der Waals surface area contributed by atoms with E-state index in [0.29, 0.717) is 37.3 Å². The summed E-state index contributed by atoms with van der Waals surface area (Å²) in [5.74, 6) is 0.829. The molecule has 1 heterocycles. The normalized spacial score (nSPS) is 10.6. The average molecular weight is 384 g/mol. The summed E-state index contributed by atoms with van der Waals surface area (Å²) in [6.45, 7) is 2.28. The Morgan fingerprint density at radius 1 is 1.44 bits per heavy atom. The number of furan rings is 1.